The van der Waals surface area contributed by atoms with Crippen molar-refractivity contribution < 1.29 is 10.2 Å². The van der Waals surface area contributed by atoms with Gasteiger partial charge in [0.15, 0.2) is 0 Å². The average molecular weight is 312 g/mol. The van der Waals surface area contributed by atoms with Gasteiger partial charge in [-0.05, 0) is 25.2 Å². The number of hydrogen-bond donors (Lipinski definition) is 2. The van der Waals surface area contributed by atoms with Crippen molar-refractivity contribution in [2.75, 3.05) is 26.8 Å². The van der Waals surface area contributed by atoms with Crippen LogP contribution in [0.1, 0.15) is 12.7 Å². The third kappa shape index (κ3) is 3.55. The number of nitrogens with zero attached hydrogens (tertiary/aromatic N) is 3. The predicted molar refractivity (Wildman–Crippen MR) is 84.3 cm³/mol. The van der Waals surface area contributed by atoms with Crippen LogP contribution in [0, 0.1) is 5.41 Å². The van der Waals surface area contributed by atoms with Gasteiger partial charge in [-0.1, -0.05) is 18.5 Å². The van der Waals surface area contributed by atoms with Crippen molar-refractivity contribution in [2.24, 2.45) is 12.5 Å². The normalized spacial score (nSPS) is 12.5. The number of halogens is 1. The molecule has 116 valence electrons. The molecule has 0 saturated carbocycles. The van der Waals surface area contributed by atoms with Crippen LogP contribution < -0.4 is 0 Å². The first-order valence-electron chi connectivity index (χ1n) is 6.89. The first-order valence-corrected chi connectivity index (χ1v) is 7.27. The molecule has 0 unspecified atom stereocenters. The van der Waals surface area contributed by atoms with E-state index in [1.807, 2.05) is 43.8 Å². The molecular weight excluding hydrogens is 290 g/mol. The molecule has 0 aliphatic heterocycles. The molecule has 0 amide bonds. The Morgan fingerprint density at radius 2 is 2.00 bits per heavy atom. The van der Waals surface area contributed by atoms with Gasteiger partial charge in [0, 0.05) is 24.0 Å². The second-order valence-corrected chi connectivity index (χ2v) is 6.46. The van der Waals surface area contributed by atoms with Gasteiger partial charge in [-0.3, -0.25) is 4.90 Å². The topological polar surface area (TPSA) is 61.5 Å². The number of imidazole rings is 1. The molecule has 6 heteroatoms. The summed E-state index contributed by atoms with van der Waals surface area (Å²) < 4.78 is 2.04. The molecule has 2 rings (SSSR count). The zero-order valence-electron chi connectivity index (χ0n) is 12.7. The first-order chi connectivity index (χ1) is 9.88. The maximum atomic E-state index is 9.38. The average Bonchev–Trinajstić information content (AvgIpc) is 2.74. The molecule has 1 heterocycles. The number of aryl methyl sites for hydroxylation is 1. The van der Waals surface area contributed by atoms with E-state index in [0.29, 0.717) is 18.1 Å². The fraction of sp³-hybridized carbons (Fsp3) is 0.533. The molecular formula is C15H22ClN3O2. The summed E-state index contributed by atoms with van der Waals surface area (Å²) >= 11 is 6.00. The minimum atomic E-state index is -0.511. The Hall–Kier alpha value is -1.14. The van der Waals surface area contributed by atoms with E-state index in [9.17, 15) is 10.2 Å². The lowest BCUT2D eigenvalue weighted by molar-refractivity contribution is 0.0395. The maximum absolute atomic E-state index is 9.38. The molecule has 0 atom stereocenters. The molecule has 0 fully saturated rings. The second kappa shape index (κ2) is 6.32. The summed E-state index contributed by atoms with van der Waals surface area (Å²) in [5.41, 5.74) is 1.40. The van der Waals surface area contributed by atoms with Crippen molar-refractivity contribution in [1.82, 2.24) is 14.5 Å². The van der Waals surface area contributed by atoms with Gasteiger partial charge in [-0.2, -0.15) is 0 Å². The van der Waals surface area contributed by atoms with Gasteiger partial charge in [-0.25, -0.2) is 4.98 Å². The third-order valence-electron chi connectivity index (χ3n) is 3.76. The Labute approximate surface area is 129 Å². The summed E-state index contributed by atoms with van der Waals surface area (Å²) in [6.07, 6.45) is 0. The number of hydrogen-bond acceptors (Lipinski definition) is 4. The number of rotatable bonds is 6. The van der Waals surface area contributed by atoms with Gasteiger partial charge in [0.1, 0.15) is 5.82 Å². The standard InChI is InChI=1S/C15H22ClN3O2/c1-15(9-20,10-21)8-18(2)7-14-17-12-6-11(16)4-5-13(12)19(14)3/h4-6,20-21H,7-10H2,1-3H3. The number of fused-ring (bicyclic) bond motifs is 1. The number of benzene rings is 1. The first kappa shape index (κ1) is 16.2. The van der Waals surface area contributed by atoms with Crippen LogP contribution in [-0.2, 0) is 13.6 Å². The van der Waals surface area contributed by atoms with E-state index in [-0.39, 0.29) is 13.2 Å². The molecule has 5 nitrogen and oxygen atoms in total. The minimum Gasteiger partial charge on any atom is -0.396 e. The molecule has 1 aromatic heterocycles. The Bertz CT molecular complexity index is 623. The highest BCUT2D eigenvalue weighted by Gasteiger charge is 2.25. The lowest BCUT2D eigenvalue weighted by Crippen LogP contribution is -2.39. The summed E-state index contributed by atoms with van der Waals surface area (Å²) in [6.45, 7) is 2.98. The van der Waals surface area contributed by atoms with Crippen LogP contribution in [0.25, 0.3) is 11.0 Å². The lowest BCUT2D eigenvalue weighted by Gasteiger charge is -2.30. The van der Waals surface area contributed by atoms with Gasteiger partial charge in [0.25, 0.3) is 0 Å². The highest BCUT2D eigenvalue weighted by Crippen LogP contribution is 2.21. The number of aliphatic hydroxyl groups is 2. The van der Waals surface area contributed by atoms with Crippen LogP contribution in [0.15, 0.2) is 18.2 Å². The Morgan fingerprint density at radius 3 is 2.62 bits per heavy atom. The van der Waals surface area contributed by atoms with Crippen LogP contribution in [0.3, 0.4) is 0 Å². The molecule has 0 bridgehead atoms. The van der Waals surface area contributed by atoms with Crippen molar-refractivity contribution >= 4 is 22.6 Å². The maximum Gasteiger partial charge on any atom is 0.123 e. The summed E-state index contributed by atoms with van der Waals surface area (Å²) in [5, 5.41) is 19.4. The molecule has 0 radical (unpaired) electrons. The fourth-order valence-corrected chi connectivity index (χ4v) is 2.63. The van der Waals surface area contributed by atoms with Gasteiger partial charge < -0.3 is 14.8 Å². The fourth-order valence-electron chi connectivity index (χ4n) is 2.46. The van der Waals surface area contributed by atoms with Crippen LogP contribution in [-0.4, -0.2) is 51.5 Å². The van der Waals surface area contributed by atoms with Crippen molar-refractivity contribution in [3.63, 3.8) is 0 Å². The van der Waals surface area contributed by atoms with Crippen LogP contribution in [0.5, 0.6) is 0 Å². The summed E-state index contributed by atoms with van der Waals surface area (Å²) in [5.74, 6) is 0.924. The van der Waals surface area contributed by atoms with Crippen molar-refractivity contribution in [3.8, 4) is 0 Å². The minimum absolute atomic E-state index is 0.0496. The van der Waals surface area contributed by atoms with E-state index in [1.54, 1.807) is 0 Å². The highest BCUT2D eigenvalue weighted by atomic mass is 35.5. The molecule has 2 aromatic rings. The van der Waals surface area contributed by atoms with Gasteiger partial charge in [0.05, 0.1) is 30.8 Å². The summed E-state index contributed by atoms with van der Waals surface area (Å²) in [7, 11) is 3.93. The molecule has 0 aliphatic rings. The van der Waals surface area contributed by atoms with Crippen molar-refractivity contribution in [2.45, 2.75) is 13.5 Å². The van der Waals surface area contributed by atoms with E-state index >= 15 is 0 Å². The van der Waals surface area contributed by atoms with Crippen LogP contribution >= 0.6 is 11.6 Å². The Morgan fingerprint density at radius 1 is 1.33 bits per heavy atom. The molecule has 0 spiro atoms. The van der Waals surface area contributed by atoms with Crippen LogP contribution in [0.2, 0.25) is 5.02 Å². The highest BCUT2D eigenvalue weighted by molar-refractivity contribution is 6.31. The molecule has 2 N–H and O–H groups in total. The van der Waals surface area contributed by atoms with E-state index in [2.05, 4.69) is 9.88 Å². The van der Waals surface area contributed by atoms with Crippen LogP contribution in [0.4, 0.5) is 0 Å². The van der Waals surface area contributed by atoms with E-state index in [4.69, 9.17) is 11.6 Å². The lowest BCUT2D eigenvalue weighted by atomic mass is 9.92. The van der Waals surface area contributed by atoms with Gasteiger partial charge in [-0.15, -0.1) is 0 Å². The molecule has 21 heavy (non-hydrogen) atoms. The smallest absolute Gasteiger partial charge is 0.123 e. The predicted octanol–water partition coefficient (Wildman–Crippen LogP) is 1.65. The molecule has 0 aliphatic carbocycles. The monoisotopic (exact) mass is 311 g/mol. The number of aliphatic hydroxyl groups excluding tert-OH is 2. The van der Waals surface area contributed by atoms with Gasteiger partial charge in [0.2, 0.25) is 0 Å². The second-order valence-electron chi connectivity index (χ2n) is 6.02. The van der Waals surface area contributed by atoms with E-state index in [0.717, 1.165) is 16.9 Å². The SMILES string of the molecule is CN(Cc1nc2cc(Cl)ccc2n1C)CC(C)(CO)CO. The van der Waals surface area contributed by atoms with Crippen molar-refractivity contribution in [1.29, 1.82) is 0 Å². The Kier molecular flexibility index (Phi) is 4.88. The third-order valence-corrected chi connectivity index (χ3v) is 4.00. The quantitative estimate of drug-likeness (QED) is 0.851. The summed E-state index contributed by atoms with van der Waals surface area (Å²) in [6, 6.07) is 5.67. The van der Waals surface area contributed by atoms with Crippen molar-refractivity contribution in [3.05, 3.63) is 29.0 Å². The largest absolute Gasteiger partial charge is 0.396 e. The zero-order chi connectivity index (χ0) is 15.6. The molecule has 1 aromatic carbocycles. The van der Waals surface area contributed by atoms with E-state index < -0.39 is 5.41 Å². The summed E-state index contributed by atoms with van der Waals surface area (Å²) in [4.78, 5) is 6.66. The Balaban J connectivity index is 2.18. The molecule has 0 saturated heterocycles. The number of aromatic nitrogens is 2. The van der Waals surface area contributed by atoms with Gasteiger partial charge >= 0.3 is 0 Å². The van der Waals surface area contributed by atoms with E-state index in [1.165, 1.54) is 0 Å². The zero-order valence-corrected chi connectivity index (χ0v) is 13.4.